The number of aryl methyl sites for hydroxylation is 2. The number of carbonyl (C=O) groups excluding carboxylic acids is 1. The fraction of sp³-hybridized carbons (Fsp3) is 0.350. The summed E-state index contributed by atoms with van der Waals surface area (Å²) in [6.45, 7) is 7.09. The molecular weight excluding hydrogens is 346 g/mol. The molecule has 2 aromatic rings. The quantitative estimate of drug-likeness (QED) is 0.550. The molecule has 7 nitrogen and oxygen atoms in total. The molecule has 7 heteroatoms. The third-order valence-corrected chi connectivity index (χ3v) is 4.29. The van der Waals surface area contributed by atoms with E-state index in [1.165, 1.54) is 6.07 Å². The van der Waals surface area contributed by atoms with Gasteiger partial charge in [0.25, 0.3) is 11.6 Å². The smallest absolute Gasteiger partial charge is 0.293 e. The van der Waals surface area contributed by atoms with Gasteiger partial charge in [-0.05, 0) is 62.2 Å². The van der Waals surface area contributed by atoms with Crippen LogP contribution in [-0.4, -0.2) is 31.0 Å². The molecule has 0 saturated heterocycles. The van der Waals surface area contributed by atoms with Crippen LogP contribution in [0.2, 0.25) is 0 Å². The summed E-state index contributed by atoms with van der Waals surface area (Å²) < 4.78 is 5.42. The van der Waals surface area contributed by atoms with Crippen LogP contribution in [0.4, 0.5) is 11.4 Å². The molecule has 0 aliphatic carbocycles. The summed E-state index contributed by atoms with van der Waals surface area (Å²) >= 11 is 0. The Morgan fingerprint density at radius 1 is 1.19 bits per heavy atom. The SMILES string of the molecule is CCOc1ccc(C[NH+](C)CC(=O)Nc2cc(C)c(C)cc2[N+](=O)[O-])cc1. The molecular formula is C20H26N3O4+. The van der Waals surface area contributed by atoms with Crippen molar-refractivity contribution in [1.29, 1.82) is 0 Å². The maximum absolute atomic E-state index is 12.3. The van der Waals surface area contributed by atoms with Crippen LogP contribution in [-0.2, 0) is 11.3 Å². The Kier molecular flexibility index (Phi) is 6.90. The normalized spacial score (nSPS) is 11.7. The van der Waals surface area contributed by atoms with Crippen molar-refractivity contribution in [2.24, 2.45) is 0 Å². The lowest BCUT2D eigenvalue weighted by Crippen LogP contribution is -3.08. The van der Waals surface area contributed by atoms with Crippen molar-refractivity contribution < 1.29 is 19.4 Å². The first kappa shape index (κ1) is 20.4. The van der Waals surface area contributed by atoms with Gasteiger partial charge < -0.3 is 15.0 Å². The lowest BCUT2D eigenvalue weighted by molar-refractivity contribution is -0.885. The number of benzene rings is 2. The van der Waals surface area contributed by atoms with Crippen molar-refractivity contribution in [3.63, 3.8) is 0 Å². The van der Waals surface area contributed by atoms with Crippen molar-refractivity contribution in [1.82, 2.24) is 0 Å². The summed E-state index contributed by atoms with van der Waals surface area (Å²) in [5.41, 5.74) is 2.95. The fourth-order valence-electron chi connectivity index (χ4n) is 2.80. The zero-order valence-corrected chi connectivity index (χ0v) is 16.2. The van der Waals surface area contributed by atoms with Crippen molar-refractivity contribution in [3.8, 4) is 5.75 Å². The van der Waals surface area contributed by atoms with Gasteiger partial charge in [0.15, 0.2) is 6.54 Å². The van der Waals surface area contributed by atoms with Crippen LogP contribution in [0.25, 0.3) is 0 Å². The summed E-state index contributed by atoms with van der Waals surface area (Å²) in [4.78, 5) is 24.1. The van der Waals surface area contributed by atoms with E-state index >= 15 is 0 Å². The number of nitro groups is 1. The van der Waals surface area contributed by atoms with Crippen molar-refractivity contribution in [2.75, 3.05) is 25.5 Å². The molecule has 1 amide bonds. The molecule has 0 fully saturated rings. The van der Waals surface area contributed by atoms with Crippen molar-refractivity contribution >= 4 is 17.3 Å². The molecule has 2 aromatic carbocycles. The van der Waals surface area contributed by atoms with Crippen LogP contribution in [0.15, 0.2) is 36.4 Å². The van der Waals surface area contributed by atoms with Crippen LogP contribution in [0.5, 0.6) is 5.75 Å². The average Bonchev–Trinajstić information content (AvgIpc) is 2.59. The van der Waals surface area contributed by atoms with Gasteiger partial charge in [-0.1, -0.05) is 0 Å². The maximum atomic E-state index is 12.3. The minimum Gasteiger partial charge on any atom is -0.494 e. The number of nitro benzene ring substituents is 1. The molecule has 2 rings (SSSR count). The van der Waals surface area contributed by atoms with E-state index in [1.807, 2.05) is 52.1 Å². The zero-order valence-electron chi connectivity index (χ0n) is 16.2. The number of nitrogens with zero attached hydrogens (tertiary/aromatic N) is 1. The van der Waals surface area contributed by atoms with Crippen molar-refractivity contribution in [3.05, 3.63) is 63.2 Å². The second kappa shape index (κ2) is 9.14. The molecule has 0 radical (unpaired) electrons. The monoisotopic (exact) mass is 372 g/mol. The molecule has 27 heavy (non-hydrogen) atoms. The molecule has 0 bridgehead atoms. The van der Waals surface area contributed by atoms with Gasteiger partial charge >= 0.3 is 0 Å². The second-order valence-electron chi connectivity index (χ2n) is 6.65. The molecule has 0 saturated carbocycles. The number of hydrogen-bond donors (Lipinski definition) is 2. The highest BCUT2D eigenvalue weighted by Crippen LogP contribution is 2.27. The number of quaternary nitrogens is 1. The Bertz CT molecular complexity index is 819. The summed E-state index contributed by atoms with van der Waals surface area (Å²) in [7, 11) is 1.91. The third-order valence-electron chi connectivity index (χ3n) is 4.29. The number of ether oxygens (including phenoxy) is 1. The van der Waals surface area contributed by atoms with Gasteiger partial charge in [-0.25, -0.2) is 0 Å². The maximum Gasteiger partial charge on any atom is 0.293 e. The highest BCUT2D eigenvalue weighted by molar-refractivity contribution is 5.94. The number of nitrogens with one attached hydrogen (secondary N) is 2. The lowest BCUT2D eigenvalue weighted by atomic mass is 10.1. The molecule has 1 unspecified atom stereocenters. The van der Waals surface area contributed by atoms with Crippen LogP contribution in [0, 0.1) is 24.0 Å². The number of rotatable bonds is 8. The van der Waals surface area contributed by atoms with Crippen molar-refractivity contribution in [2.45, 2.75) is 27.3 Å². The van der Waals surface area contributed by atoms with E-state index in [2.05, 4.69) is 5.32 Å². The Hall–Kier alpha value is -2.93. The minimum atomic E-state index is -0.474. The third kappa shape index (κ3) is 5.79. The van der Waals surface area contributed by atoms with E-state index in [0.717, 1.165) is 27.3 Å². The Morgan fingerprint density at radius 2 is 1.81 bits per heavy atom. The Morgan fingerprint density at radius 3 is 2.41 bits per heavy atom. The highest BCUT2D eigenvalue weighted by atomic mass is 16.6. The molecule has 0 aromatic heterocycles. The number of anilines is 1. The summed E-state index contributed by atoms with van der Waals surface area (Å²) in [6, 6.07) is 10.9. The molecule has 144 valence electrons. The average molecular weight is 372 g/mol. The van der Waals surface area contributed by atoms with E-state index < -0.39 is 4.92 Å². The van der Waals surface area contributed by atoms with Gasteiger partial charge in [0.05, 0.1) is 18.6 Å². The van der Waals surface area contributed by atoms with Gasteiger partial charge in [0.1, 0.15) is 18.0 Å². The molecule has 2 N–H and O–H groups in total. The summed E-state index contributed by atoms with van der Waals surface area (Å²) in [6.07, 6.45) is 0. The number of amides is 1. The summed E-state index contributed by atoms with van der Waals surface area (Å²) in [5, 5.41) is 13.9. The lowest BCUT2D eigenvalue weighted by Gasteiger charge is -2.15. The number of hydrogen-bond acceptors (Lipinski definition) is 4. The molecule has 0 aliphatic rings. The number of carbonyl (C=O) groups is 1. The first-order valence-corrected chi connectivity index (χ1v) is 8.88. The van der Waals surface area contributed by atoms with Gasteiger partial charge in [-0.2, -0.15) is 0 Å². The zero-order chi connectivity index (χ0) is 20.0. The van der Waals surface area contributed by atoms with Crippen LogP contribution >= 0.6 is 0 Å². The van der Waals surface area contributed by atoms with Gasteiger partial charge in [-0.3, -0.25) is 14.9 Å². The first-order valence-electron chi connectivity index (χ1n) is 8.88. The largest absolute Gasteiger partial charge is 0.494 e. The van der Waals surface area contributed by atoms with Gasteiger partial charge in [-0.15, -0.1) is 0 Å². The highest BCUT2D eigenvalue weighted by Gasteiger charge is 2.19. The molecule has 1 atom stereocenters. The second-order valence-corrected chi connectivity index (χ2v) is 6.65. The van der Waals surface area contributed by atoms with E-state index in [4.69, 9.17) is 4.74 Å². The standard InChI is InChI=1S/C20H25N3O4/c1-5-27-17-8-6-16(7-9-17)12-22(4)13-20(24)21-18-10-14(2)15(3)11-19(18)23(25)26/h6-11H,5,12-13H2,1-4H3,(H,21,24)/p+1. The molecule has 0 aliphatic heterocycles. The van der Waals surface area contributed by atoms with Gasteiger partial charge in [0.2, 0.25) is 0 Å². The minimum absolute atomic E-state index is 0.0874. The van der Waals surface area contributed by atoms with E-state index in [0.29, 0.717) is 13.2 Å². The van der Waals surface area contributed by atoms with Crippen LogP contribution < -0.4 is 15.0 Å². The first-order chi connectivity index (χ1) is 12.8. The Labute approximate surface area is 159 Å². The van der Waals surface area contributed by atoms with Gasteiger partial charge in [0, 0.05) is 11.6 Å². The van der Waals surface area contributed by atoms with E-state index in [-0.39, 0.29) is 23.8 Å². The van der Waals surface area contributed by atoms with Crippen LogP contribution in [0.3, 0.4) is 0 Å². The summed E-state index contributed by atoms with van der Waals surface area (Å²) in [5.74, 6) is 0.559. The van der Waals surface area contributed by atoms with E-state index in [9.17, 15) is 14.9 Å². The van der Waals surface area contributed by atoms with Crippen LogP contribution in [0.1, 0.15) is 23.6 Å². The predicted octanol–water partition coefficient (Wildman–Crippen LogP) is 2.26. The topological polar surface area (TPSA) is 85.9 Å². The molecule has 0 heterocycles. The predicted molar refractivity (Wildman–Crippen MR) is 104 cm³/mol. The Balaban J connectivity index is 1.99. The number of likely N-dealkylation sites (N-methyl/N-ethyl adjacent to an activating group) is 1. The van der Waals surface area contributed by atoms with E-state index in [1.54, 1.807) is 6.07 Å². The fourth-order valence-corrected chi connectivity index (χ4v) is 2.80. The molecule has 0 spiro atoms.